The first-order chi connectivity index (χ1) is 19.2. The predicted octanol–water partition coefficient (Wildman–Crippen LogP) is 6.08. The number of hydrogen-bond donors (Lipinski definition) is 1. The molecule has 12 heteroatoms. The third kappa shape index (κ3) is 4.78. The van der Waals surface area contributed by atoms with E-state index in [9.17, 15) is 9.18 Å². The molecule has 0 bridgehead atoms. The van der Waals surface area contributed by atoms with Crippen LogP contribution in [-0.4, -0.2) is 34.6 Å². The number of H-pyrrole nitrogens is 1. The molecule has 0 aliphatic heterocycles. The monoisotopic (exact) mass is 565 g/mol. The maximum Gasteiger partial charge on any atom is 0.439 e. The Morgan fingerprint density at radius 2 is 2.00 bits per heavy atom. The van der Waals surface area contributed by atoms with E-state index in [-0.39, 0.29) is 29.0 Å². The summed E-state index contributed by atoms with van der Waals surface area (Å²) >= 11 is 6.29. The molecule has 5 aromatic heterocycles. The second-order valence-electron chi connectivity index (χ2n) is 10.6. The number of imidazole rings is 1. The molecule has 5 heterocycles. The van der Waals surface area contributed by atoms with Crippen LogP contribution in [0, 0.1) is 17.7 Å². The number of pyridine rings is 3. The van der Waals surface area contributed by atoms with Crippen molar-refractivity contribution in [2.75, 3.05) is 0 Å². The maximum atomic E-state index is 16.8. The fourth-order valence-corrected chi connectivity index (χ4v) is 5.68. The first kappa shape index (κ1) is 26.2. The van der Waals surface area contributed by atoms with Gasteiger partial charge in [-0.05, 0) is 55.9 Å². The third-order valence-electron chi connectivity index (χ3n) is 7.59. The van der Waals surface area contributed by atoms with E-state index in [0.717, 1.165) is 25.7 Å². The van der Waals surface area contributed by atoms with Crippen LogP contribution in [0.5, 0.6) is 0 Å². The molecule has 0 aromatic carbocycles. The lowest BCUT2D eigenvalue weighted by atomic mass is 9.83. The number of rotatable bonds is 6. The van der Waals surface area contributed by atoms with E-state index < -0.39 is 17.2 Å². The lowest BCUT2D eigenvalue weighted by Gasteiger charge is -2.29. The quantitative estimate of drug-likeness (QED) is 0.265. The van der Waals surface area contributed by atoms with E-state index in [2.05, 4.69) is 31.6 Å². The molecular formula is C28H26ClF2N7O2. The van der Waals surface area contributed by atoms with Gasteiger partial charge in [0.15, 0.2) is 5.82 Å². The summed E-state index contributed by atoms with van der Waals surface area (Å²) in [6.07, 6.45) is 8.53. The number of nitrogens with one attached hydrogen (secondary N) is 1. The molecule has 0 amide bonds. The van der Waals surface area contributed by atoms with Crippen LogP contribution in [0.1, 0.15) is 51.0 Å². The van der Waals surface area contributed by atoms with E-state index in [1.807, 2.05) is 0 Å². The van der Waals surface area contributed by atoms with Crippen LogP contribution >= 0.6 is 11.6 Å². The van der Waals surface area contributed by atoms with Crippen molar-refractivity contribution >= 4 is 22.6 Å². The van der Waals surface area contributed by atoms with E-state index in [4.69, 9.17) is 21.6 Å². The molecule has 6 rings (SSSR count). The molecule has 1 aliphatic carbocycles. The van der Waals surface area contributed by atoms with E-state index >= 15 is 4.39 Å². The zero-order valence-electron chi connectivity index (χ0n) is 21.9. The highest BCUT2D eigenvalue weighted by atomic mass is 35.5. The number of alkyl halides is 1. The number of aromatic amines is 1. The van der Waals surface area contributed by atoms with Gasteiger partial charge in [0.25, 0.3) is 0 Å². The summed E-state index contributed by atoms with van der Waals surface area (Å²) in [5.41, 5.74) is -0.607. The number of hydrogen-bond acceptors (Lipinski definition) is 7. The van der Waals surface area contributed by atoms with Crippen molar-refractivity contribution in [3.8, 4) is 22.8 Å². The fourth-order valence-electron chi connectivity index (χ4n) is 5.50. The molecule has 1 aliphatic rings. The minimum atomic E-state index is -2.38. The van der Waals surface area contributed by atoms with E-state index in [1.54, 1.807) is 22.9 Å². The van der Waals surface area contributed by atoms with Gasteiger partial charge >= 0.3 is 5.76 Å². The zero-order chi connectivity index (χ0) is 28.0. The second kappa shape index (κ2) is 10.2. The molecule has 0 spiro atoms. The molecule has 1 fully saturated rings. The summed E-state index contributed by atoms with van der Waals surface area (Å²) in [5.74, 6) is -0.542. The normalized spacial score (nSPS) is 19.1. The number of fused-ring (bicyclic) bond motifs is 1. The Morgan fingerprint density at radius 1 is 1.20 bits per heavy atom. The summed E-state index contributed by atoms with van der Waals surface area (Å²) in [5, 5.41) is 4.15. The Labute approximate surface area is 232 Å². The van der Waals surface area contributed by atoms with E-state index in [0.29, 0.717) is 39.8 Å². The molecule has 40 heavy (non-hydrogen) atoms. The third-order valence-corrected chi connectivity index (χ3v) is 7.79. The van der Waals surface area contributed by atoms with Crippen LogP contribution in [-0.2, 0) is 12.2 Å². The highest BCUT2D eigenvalue weighted by Gasteiger charge is 2.40. The number of aromatic nitrogens is 7. The summed E-state index contributed by atoms with van der Waals surface area (Å²) in [6, 6.07) is 5.88. The molecule has 5 aromatic rings. The summed E-state index contributed by atoms with van der Waals surface area (Å²) in [6.45, 7) is 3.96. The molecule has 206 valence electrons. The number of nitrogens with zero attached hydrogens (tertiary/aromatic N) is 6. The average molecular weight is 566 g/mol. The Bertz CT molecular complexity index is 1760. The van der Waals surface area contributed by atoms with Gasteiger partial charge in [-0.3, -0.25) is 19.5 Å². The van der Waals surface area contributed by atoms with Crippen molar-refractivity contribution in [3.05, 3.63) is 75.8 Å². The van der Waals surface area contributed by atoms with Crippen molar-refractivity contribution in [2.24, 2.45) is 11.8 Å². The predicted molar refractivity (Wildman–Crippen MR) is 145 cm³/mol. The molecule has 1 atom stereocenters. The lowest BCUT2D eigenvalue weighted by molar-refractivity contribution is 0.203. The maximum absolute atomic E-state index is 16.8. The zero-order valence-corrected chi connectivity index (χ0v) is 22.6. The van der Waals surface area contributed by atoms with Crippen LogP contribution in [0.25, 0.3) is 33.8 Å². The largest absolute Gasteiger partial charge is 0.439 e. The Morgan fingerprint density at radius 3 is 2.70 bits per heavy atom. The van der Waals surface area contributed by atoms with Gasteiger partial charge in [-0.15, -0.1) is 0 Å². The minimum Gasteiger partial charge on any atom is -0.323 e. The van der Waals surface area contributed by atoms with Gasteiger partial charge in [-0.25, -0.2) is 23.5 Å². The second-order valence-corrected chi connectivity index (χ2v) is 11.0. The van der Waals surface area contributed by atoms with Gasteiger partial charge in [0.2, 0.25) is 11.5 Å². The SMILES string of the molecule is CC1CCC(Cn2c([C@@](C)(F)c3ncccc3F)nc3cc(-c4noc(=O)[nH]4)nc(-c4cncc(Cl)c4)c32)CC1. The Kier molecular flexibility index (Phi) is 6.69. The standard InChI is InChI=1S/C28H26ClF2N7O2/c1-15-5-7-16(8-6-15)14-38-23-20(35-26(38)28(2,31)24-19(30)4-3-9-33-24)11-21(25-36-27(39)40-37-25)34-22(23)17-10-18(29)13-32-12-17/h3-4,9-13,15-16H,5-8,14H2,1-2H3,(H,36,37,39)/t15?,16?,28-/m0/s1. The Hall–Kier alpha value is -3.99. The van der Waals surface area contributed by atoms with Crippen LogP contribution in [0.15, 0.2) is 52.2 Å². The summed E-state index contributed by atoms with van der Waals surface area (Å²) in [7, 11) is 0. The molecule has 0 saturated heterocycles. The summed E-state index contributed by atoms with van der Waals surface area (Å²) < 4.78 is 38.2. The first-order valence-electron chi connectivity index (χ1n) is 13.1. The highest BCUT2D eigenvalue weighted by molar-refractivity contribution is 6.30. The van der Waals surface area contributed by atoms with Gasteiger partial charge in [0, 0.05) is 30.7 Å². The van der Waals surface area contributed by atoms with E-state index in [1.165, 1.54) is 31.5 Å². The van der Waals surface area contributed by atoms with Gasteiger partial charge < -0.3 is 4.57 Å². The summed E-state index contributed by atoms with van der Waals surface area (Å²) in [4.78, 5) is 32.0. The molecule has 1 N–H and O–H groups in total. The van der Waals surface area contributed by atoms with Crippen molar-refractivity contribution in [1.29, 1.82) is 0 Å². The van der Waals surface area contributed by atoms with Gasteiger partial charge in [0.05, 0.1) is 21.7 Å². The van der Waals surface area contributed by atoms with Crippen LogP contribution in [0.2, 0.25) is 5.02 Å². The first-order valence-corrected chi connectivity index (χ1v) is 13.5. The van der Waals surface area contributed by atoms with Crippen LogP contribution in [0.3, 0.4) is 0 Å². The Balaban J connectivity index is 1.64. The molecule has 0 radical (unpaired) electrons. The topological polar surface area (TPSA) is 115 Å². The van der Waals surface area contributed by atoms with Crippen LogP contribution in [0.4, 0.5) is 8.78 Å². The van der Waals surface area contributed by atoms with Gasteiger partial charge in [-0.2, -0.15) is 0 Å². The van der Waals surface area contributed by atoms with Gasteiger partial charge in [0.1, 0.15) is 17.2 Å². The lowest BCUT2D eigenvalue weighted by Crippen LogP contribution is -2.28. The van der Waals surface area contributed by atoms with Crippen molar-refractivity contribution in [3.63, 3.8) is 0 Å². The van der Waals surface area contributed by atoms with Crippen molar-refractivity contribution < 1.29 is 13.3 Å². The van der Waals surface area contributed by atoms with Crippen LogP contribution < -0.4 is 5.76 Å². The highest BCUT2D eigenvalue weighted by Crippen LogP contribution is 2.40. The average Bonchev–Trinajstić information content (AvgIpc) is 3.53. The van der Waals surface area contributed by atoms with Gasteiger partial charge in [-0.1, -0.05) is 36.5 Å². The van der Waals surface area contributed by atoms with Crippen molar-refractivity contribution in [1.82, 2.24) is 34.6 Å². The molecule has 0 unspecified atom stereocenters. The number of halogens is 3. The molecule has 9 nitrogen and oxygen atoms in total. The molecular weight excluding hydrogens is 540 g/mol. The fraction of sp³-hybridized carbons (Fsp3) is 0.357. The minimum absolute atomic E-state index is 0.00237. The smallest absolute Gasteiger partial charge is 0.323 e. The van der Waals surface area contributed by atoms with Crippen molar-refractivity contribution in [2.45, 2.75) is 51.7 Å². The molecule has 1 saturated carbocycles.